The Hall–Kier alpha value is -2.58. The highest BCUT2D eigenvalue weighted by atomic mass is 35.5. The summed E-state index contributed by atoms with van der Waals surface area (Å²) < 4.78 is 10.7. The number of nitrogens with zero attached hydrogens (tertiary/aromatic N) is 3. The molecule has 0 saturated heterocycles. The van der Waals surface area contributed by atoms with E-state index in [1.54, 1.807) is 25.4 Å². The highest BCUT2D eigenvalue weighted by Crippen LogP contribution is 2.21. The number of anilines is 1. The predicted molar refractivity (Wildman–Crippen MR) is 98.7 cm³/mol. The van der Waals surface area contributed by atoms with Crippen molar-refractivity contribution in [2.75, 3.05) is 18.2 Å². The number of rotatable bonds is 7. The largest absolute Gasteiger partial charge is 0.497 e. The van der Waals surface area contributed by atoms with Gasteiger partial charge in [0.25, 0.3) is 5.22 Å². The maximum atomic E-state index is 12.0. The monoisotopic (exact) mass is 390 g/mol. The highest BCUT2D eigenvalue weighted by molar-refractivity contribution is 7.99. The van der Waals surface area contributed by atoms with E-state index in [1.165, 1.54) is 0 Å². The summed E-state index contributed by atoms with van der Waals surface area (Å²) >= 11 is 7.06. The van der Waals surface area contributed by atoms with Crippen molar-refractivity contribution in [2.45, 2.75) is 11.6 Å². The van der Waals surface area contributed by atoms with Crippen LogP contribution >= 0.6 is 23.4 Å². The third-order valence-electron chi connectivity index (χ3n) is 3.32. The fourth-order valence-corrected chi connectivity index (χ4v) is 2.83. The minimum absolute atomic E-state index is 0.120. The van der Waals surface area contributed by atoms with Crippen LogP contribution in [0.2, 0.25) is 5.15 Å². The fraction of sp³-hybridized carbons (Fsp3) is 0.176. The van der Waals surface area contributed by atoms with E-state index in [0.717, 1.165) is 23.1 Å². The van der Waals surface area contributed by atoms with Gasteiger partial charge in [0.1, 0.15) is 5.75 Å². The van der Waals surface area contributed by atoms with Gasteiger partial charge in [-0.1, -0.05) is 35.5 Å². The molecule has 3 aromatic rings. The van der Waals surface area contributed by atoms with Crippen LogP contribution in [0.1, 0.15) is 11.5 Å². The highest BCUT2D eigenvalue weighted by Gasteiger charge is 2.11. The Bertz CT molecular complexity index is 886. The molecule has 2 heterocycles. The van der Waals surface area contributed by atoms with Crippen LogP contribution < -0.4 is 10.1 Å². The van der Waals surface area contributed by atoms with E-state index < -0.39 is 0 Å². The second kappa shape index (κ2) is 8.68. The molecule has 0 fully saturated rings. The first-order valence-electron chi connectivity index (χ1n) is 7.62. The Balaban J connectivity index is 1.51. The molecule has 0 saturated carbocycles. The SMILES string of the molecule is COc1ccc(Cc2nnc(SCC(=O)Nc3cccnc3Cl)o2)cc1. The Morgan fingerprint density at radius 1 is 1.27 bits per heavy atom. The third kappa shape index (κ3) is 4.96. The summed E-state index contributed by atoms with van der Waals surface area (Å²) in [6.07, 6.45) is 2.06. The van der Waals surface area contributed by atoms with Gasteiger partial charge in [-0.05, 0) is 29.8 Å². The van der Waals surface area contributed by atoms with Crippen LogP contribution in [-0.4, -0.2) is 34.0 Å². The molecule has 9 heteroatoms. The van der Waals surface area contributed by atoms with E-state index in [9.17, 15) is 4.79 Å². The molecule has 0 bridgehead atoms. The van der Waals surface area contributed by atoms with Crippen LogP contribution in [0, 0.1) is 0 Å². The molecule has 2 aromatic heterocycles. The topological polar surface area (TPSA) is 90.1 Å². The van der Waals surface area contributed by atoms with Gasteiger partial charge in [0.2, 0.25) is 11.8 Å². The average molecular weight is 391 g/mol. The van der Waals surface area contributed by atoms with Crippen LogP contribution in [0.25, 0.3) is 0 Å². The molecule has 3 rings (SSSR count). The summed E-state index contributed by atoms with van der Waals surface area (Å²) in [6.45, 7) is 0. The van der Waals surface area contributed by atoms with Crippen molar-refractivity contribution in [3.8, 4) is 5.75 Å². The van der Waals surface area contributed by atoms with Crippen molar-refractivity contribution in [3.05, 3.63) is 59.2 Å². The van der Waals surface area contributed by atoms with Gasteiger partial charge in [-0.25, -0.2) is 4.98 Å². The molecule has 134 valence electrons. The minimum atomic E-state index is -0.236. The zero-order valence-corrected chi connectivity index (χ0v) is 15.4. The quantitative estimate of drug-likeness (QED) is 0.488. The number of methoxy groups -OCH3 is 1. The maximum absolute atomic E-state index is 12.0. The van der Waals surface area contributed by atoms with E-state index in [1.807, 2.05) is 24.3 Å². The van der Waals surface area contributed by atoms with E-state index in [2.05, 4.69) is 20.5 Å². The van der Waals surface area contributed by atoms with Crippen LogP contribution in [0.15, 0.2) is 52.2 Å². The Morgan fingerprint density at radius 2 is 2.08 bits per heavy atom. The first kappa shape index (κ1) is 18.2. The minimum Gasteiger partial charge on any atom is -0.497 e. The number of hydrogen-bond donors (Lipinski definition) is 1. The zero-order valence-electron chi connectivity index (χ0n) is 13.8. The number of thioether (sulfide) groups is 1. The molecule has 0 aliphatic rings. The third-order valence-corrected chi connectivity index (χ3v) is 4.44. The average Bonchev–Trinajstić information content (AvgIpc) is 3.10. The van der Waals surface area contributed by atoms with E-state index in [4.69, 9.17) is 20.8 Å². The van der Waals surface area contributed by atoms with Crippen LogP contribution in [0.4, 0.5) is 5.69 Å². The molecular formula is C17H15ClN4O3S. The molecule has 0 atom stereocenters. The molecule has 26 heavy (non-hydrogen) atoms. The number of pyridine rings is 1. The Kier molecular flexibility index (Phi) is 6.08. The Labute approximate surface area is 159 Å². The summed E-state index contributed by atoms with van der Waals surface area (Å²) in [7, 11) is 1.62. The lowest BCUT2D eigenvalue weighted by molar-refractivity contribution is -0.113. The number of hydrogen-bond acceptors (Lipinski definition) is 7. The van der Waals surface area contributed by atoms with Gasteiger partial charge < -0.3 is 14.5 Å². The van der Waals surface area contributed by atoms with Gasteiger partial charge in [-0.3, -0.25) is 4.79 Å². The second-order valence-corrected chi connectivity index (χ2v) is 6.45. The second-order valence-electron chi connectivity index (χ2n) is 5.17. The number of ether oxygens (including phenoxy) is 1. The number of benzene rings is 1. The molecule has 0 aliphatic heterocycles. The van der Waals surface area contributed by atoms with Crippen molar-refractivity contribution in [2.24, 2.45) is 0 Å². The molecule has 0 aliphatic carbocycles. The van der Waals surface area contributed by atoms with Crippen LogP contribution in [-0.2, 0) is 11.2 Å². The van der Waals surface area contributed by atoms with E-state index in [0.29, 0.717) is 23.2 Å². The van der Waals surface area contributed by atoms with Crippen molar-refractivity contribution < 1.29 is 13.9 Å². The van der Waals surface area contributed by atoms with Gasteiger partial charge >= 0.3 is 0 Å². The summed E-state index contributed by atoms with van der Waals surface area (Å²) in [5.41, 5.74) is 1.49. The molecule has 0 radical (unpaired) electrons. The van der Waals surface area contributed by atoms with Crippen molar-refractivity contribution in [3.63, 3.8) is 0 Å². The van der Waals surface area contributed by atoms with Crippen LogP contribution in [0.5, 0.6) is 5.75 Å². The smallest absolute Gasteiger partial charge is 0.277 e. The fourth-order valence-electron chi connectivity index (χ4n) is 2.08. The van der Waals surface area contributed by atoms with Gasteiger partial charge in [0.05, 0.1) is 25.0 Å². The number of carbonyl (C=O) groups excluding carboxylic acids is 1. The summed E-state index contributed by atoms with van der Waals surface area (Å²) in [5.74, 6) is 1.15. The standard InChI is InChI=1S/C17H15ClN4O3S/c1-24-12-6-4-11(5-7-12)9-15-21-22-17(25-15)26-10-14(23)20-13-3-2-8-19-16(13)18/h2-8H,9-10H2,1H3,(H,20,23). The van der Waals surface area contributed by atoms with Gasteiger partial charge in [0.15, 0.2) is 5.15 Å². The molecule has 7 nitrogen and oxygen atoms in total. The lowest BCUT2D eigenvalue weighted by Crippen LogP contribution is -2.14. The summed E-state index contributed by atoms with van der Waals surface area (Å²) in [6, 6.07) is 11.0. The zero-order chi connectivity index (χ0) is 18.4. The van der Waals surface area contributed by atoms with E-state index >= 15 is 0 Å². The molecular weight excluding hydrogens is 376 g/mol. The van der Waals surface area contributed by atoms with Gasteiger partial charge in [0, 0.05) is 6.20 Å². The van der Waals surface area contributed by atoms with Crippen molar-refractivity contribution in [1.29, 1.82) is 0 Å². The predicted octanol–water partition coefficient (Wildman–Crippen LogP) is 3.45. The van der Waals surface area contributed by atoms with Crippen molar-refractivity contribution >= 4 is 35.0 Å². The first-order valence-corrected chi connectivity index (χ1v) is 8.99. The lowest BCUT2D eigenvalue weighted by Gasteiger charge is -2.04. The summed E-state index contributed by atoms with van der Waals surface area (Å²) in [5, 5.41) is 11.2. The van der Waals surface area contributed by atoms with Gasteiger partial charge in [-0.2, -0.15) is 0 Å². The molecule has 1 amide bonds. The Morgan fingerprint density at radius 3 is 2.81 bits per heavy atom. The number of aromatic nitrogens is 3. The normalized spacial score (nSPS) is 10.5. The molecule has 1 N–H and O–H groups in total. The van der Waals surface area contributed by atoms with E-state index in [-0.39, 0.29) is 16.8 Å². The lowest BCUT2D eigenvalue weighted by atomic mass is 10.1. The van der Waals surface area contributed by atoms with Gasteiger partial charge in [-0.15, -0.1) is 10.2 Å². The molecule has 1 aromatic carbocycles. The maximum Gasteiger partial charge on any atom is 0.277 e. The summed E-state index contributed by atoms with van der Waals surface area (Å²) in [4.78, 5) is 15.9. The number of amides is 1. The number of nitrogens with one attached hydrogen (secondary N) is 1. The number of halogens is 1. The molecule has 0 unspecified atom stereocenters. The molecule has 0 spiro atoms. The first-order chi connectivity index (χ1) is 12.6. The van der Waals surface area contributed by atoms with Crippen molar-refractivity contribution in [1.82, 2.24) is 15.2 Å². The van der Waals surface area contributed by atoms with Crippen LogP contribution in [0.3, 0.4) is 0 Å². The number of carbonyl (C=O) groups is 1.